The molecular formula is C17H27N3O2S. The van der Waals surface area contributed by atoms with Gasteiger partial charge >= 0.3 is 0 Å². The van der Waals surface area contributed by atoms with E-state index in [0.29, 0.717) is 5.19 Å². The highest BCUT2D eigenvalue weighted by atomic mass is 32.1. The first-order chi connectivity index (χ1) is 11.2. The van der Waals surface area contributed by atoms with Gasteiger partial charge < -0.3 is 20.9 Å². The fraction of sp³-hybridized carbons (Fsp3) is 0.588. The number of aromatic nitrogens is 1. The lowest BCUT2D eigenvalue weighted by Gasteiger charge is -2.12. The minimum Gasteiger partial charge on any atom is -0.494 e. The fourth-order valence-electron chi connectivity index (χ4n) is 2.68. The molecule has 1 unspecified atom stereocenters. The molecule has 1 aromatic carbocycles. The number of hydrogen-bond donors (Lipinski definition) is 2. The van der Waals surface area contributed by atoms with Gasteiger partial charge in [0.2, 0.25) is 0 Å². The van der Waals surface area contributed by atoms with E-state index in [-0.39, 0.29) is 6.04 Å². The Morgan fingerprint density at radius 1 is 1.13 bits per heavy atom. The van der Waals surface area contributed by atoms with E-state index in [4.69, 9.17) is 20.9 Å². The predicted molar refractivity (Wildman–Crippen MR) is 96.5 cm³/mol. The van der Waals surface area contributed by atoms with E-state index in [1.165, 1.54) is 12.0 Å². The molecule has 4 N–H and O–H groups in total. The molecule has 5 nitrogen and oxygen atoms in total. The maximum Gasteiger partial charge on any atom is 0.274 e. The van der Waals surface area contributed by atoms with Crippen LogP contribution in [0.1, 0.15) is 37.7 Å². The number of aryl methyl sites for hydroxylation is 1. The first kappa shape index (κ1) is 18.0. The number of rotatable bonds is 10. The van der Waals surface area contributed by atoms with Gasteiger partial charge in [-0.3, -0.25) is 0 Å². The summed E-state index contributed by atoms with van der Waals surface area (Å²) in [4.78, 5) is 4.49. The summed E-state index contributed by atoms with van der Waals surface area (Å²) >= 11 is 1.56. The Hall–Kier alpha value is -1.37. The number of methoxy groups -OCH3 is 2. The molecule has 1 aromatic heterocycles. The van der Waals surface area contributed by atoms with Gasteiger partial charge in [-0.1, -0.05) is 30.2 Å². The van der Waals surface area contributed by atoms with Crippen molar-refractivity contribution in [2.45, 2.75) is 44.6 Å². The maximum atomic E-state index is 6.24. The van der Waals surface area contributed by atoms with E-state index in [0.717, 1.165) is 54.6 Å². The van der Waals surface area contributed by atoms with E-state index in [9.17, 15) is 0 Å². The third kappa shape index (κ3) is 4.80. The number of hydrogen-bond acceptors (Lipinski definition) is 6. The van der Waals surface area contributed by atoms with Crippen molar-refractivity contribution in [3.05, 3.63) is 17.7 Å². The van der Waals surface area contributed by atoms with Crippen molar-refractivity contribution in [1.82, 2.24) is 4.98 Å². The Kier molecular flexibility index (Phi) is 7.08. The molecule has 0 amide bonds. The monoisotopic (exact) mass is 337 g/mol. The van der Waals surface area contributed by atoms with Crippen molar-refractivity contribution < 1.29 is 9.47 Å². The summed E-state index contributed by atoms with van der Waals surface area (Å²) in [6.07, 6.45) is 6.40. The van der Waals surface area contributed by atoms with E-state index >= 15 is 0 Å². The number of thiazole rings is 1. The highest BCUT2D eigenvalue weighted by molar-refractivity contribution is 7.20. The molecule has 0 radical (unpaired) electrons. The SMILES string of the molecule is COc1nc2c(OC)ccc(CCC(N)CCCCCN)c2s1. The van der Waals surface area contributed by atoms with Crippen LogP contribution in [0.4, 0.5) is 0 Å². The topological polar surface area (TPSA) is 83.4 Å². The van der Waals surface area contributed by atoms with E-state index < -0.39 is 0 Å². The van der Waals surface area contributed by atoms with Gasteiger partial charge in [-0.25, -0.2) is 0 Å². The van der Waals surface area contributed by atoms with Gasteiger partial charge in [0.25, 0.3) is 5.19 Å². The van der Waals surface area contributed by atoms with Gasteiger partial charge in [0.1, 0.15) is 11.3 Å². The highest BCUT2D eigenvalue weighted by Crippen LogP contribution is 2.36. The lowest BCUT2D eigenvalue weighted by atomic mass is 10.0. The second kappa shape index (κ2) is 9.05. The van der Waals surface area contributed by atoms with Crippen LogP contribution in [-0.4, -0.2) is 31.8 Å². The average molecular weight is 337 g/mol. The largest absolute Gasteiger partial charge is 0.494 e. The van der Waals surface area contributed by atoms with Crippen molar-refractivity contribution in [3.8, 4) is 10.9 Å². The predicted octanol–water partition coefficient (Wildman–Crippen LogP) is 3.09. The maximum absolute atomic E-state index is 6.24. The van der Waals surface area contributed by atoms with Crippen molar-refractivity contribution in [2.24, 2.45) is 11.5 Å². The molecule has 0 fully saturated rings. The zero-order chi connectivity index (χ0) is 16.7. The lowest BCUT2D eigenvalue weighted by molar-refractivity contribution is 0.408. The highest BCUT2D eigenvalue weighted by Gasteiger charge is 2.14. The third-order valence-corrected chi connectivity index (χ3v) is 5.12. The third-order valence-electron chi connectivity index (χ3n) is 4.03. The number of ether oxygens (including phenoxy) is 2. The molecule has 2 aromatic rings. The standard InChI is InChI=1S/C17H27N3O2S/c1-21-14-10-8-12(16-15(14)20-17(22-2)23-16)7-9-13(19)6-4-3-5-11-18/h8,10,13H,3-7,9,11,18-19H2,1-2H3. The molecule has 0 aliphatic heterocycles. The second-order valence-electron chi connectivity index (χ2n) is 5.73. The van der Waals surface area contributed by atoms with Crippen LogP contribution in [0.3, 0.4) is 0 Å². The fourth-order valence-corrected chi connectivity index (χ4v) is 3.62. The van der Waals surface area contributed by atoms with Gasteiger partial charge in [-0.15, -0.1) is 0 Å². The average Bonchev–Trinajstić information content (AvgIpc) is 3.01. The van der Waals surface area contributed by atoms with E-state index in [1.54, 1.807) is 25.6 Å². The summed E-state index contributed by atoms with van der Waals surface area (Å²) in [5, 5.41) is 0.664. The summed E-state index contributed by atoms with van der Waals surface area (Å²) in [5.74, 6) is 0.786. The van der Waals surface area contributed by atoms with Crippen molar-refractivity contribution in [1.29, 1.82) is 0 Å². The molecule has 0 aliphatic carbocycles. The molecule has 1 atom stereocenters. The molecule has 6 heteroatoms. The zero-order valence-electron chi connectivity index (χ0n) is 14.0. The molecule has 0 aliphatic rings. The molecule has 2 rings (SSSR count). The number of unbranched alkanes of at least 4 members (excludes halogenated alkanes) is 2. The quantitative estimate of drug-likeness (QED) is 0.651. The Labute approximate surface area is 142 Å². The van der Waals surface area contributed by atoms with Gasteiger partial charge in [0.05, 0.1) is 18.9 Å². The number of nitrogens with zero attached hydrogens (tertiary/aromatic N) is 1. The molecule has 0 saturated heterocycles. The van der Waals surface area contributed by atoms with Crippen molar-refractivity contribution in [3.63, 3.8) is 0 Å². The van der Waals surface area contributed by atoms with E-state index in [2.05, 4.69) is 11.1 Å². The van der Waals surface area contributed by atoms with Gasteiger partial charge in [0, 0.05) is 6.04 Å². The number of benzene rings is 1. The lowest BCUT2D eigenvalue weighted by Crippen LogP contribution is -2.20. The molecule has 23 heavy (non-hydrogen) atoms. The normalized spacial score (nSPS) is 12.5. The minimum absolute atomic E-state index is 0.236. The molecule has 0 bridgehead atoms. The smallest absolute Gasteiger partial charge is 0.274 e. The van der Waals surface area contributed by atoms with Crippen LogP contribution in [0.2, 0.25) is 0 Å². The summed E-state index contributed by atoms with van der Waals surface area (Å²) in [5.41, 5.74) is 13.9. The zero-order valence-corrected chi connectivity index (χ0v) is 14.8. The van der Waals surface area contributed by atoms with Crippen LogP contribution in [0.15, 0.2) is 12.1 Å². The molecule has 0 saturated carbocycles. The van der Waals surface area contributed by atoms with Crippen molar-refractivity contribution in [2.75, 3.05) is 20.8 Å². The van der Waals surface area contributed by atoms with Gasteiger partial charge in [0.15, 0.2) is 0 Å². The van der Waals surface area contributed by atoms with Crippen LogP contribution in [0, 0.1) is 0 Å². The molecule has 1 heterocycles. The Balaban J connectivity index is 2.01. The number of nitrogens with two attached hydrogens (primary N) is 2. The Morgan fingerprint density at radius 2 is 1.96 bits per heavy atom. The minimum atomic E-state index is 0.236. The summed E-state index contributed by atoms with van der Waals surface area (Å²) in [6, 6.07) is 4.32. The molecular weight excluding hydrogens is 310 g/mol. The summed E-state index contributed by atoms with van der Waals surface area (Å²) in [6.45, 7) is 0.770. The Bertz CT molecular complexity index is 615. The van der Waals surface area contributed by atoms with E-state index in [1.807, 2.05) is 6.07 Å². The van der Waals surface area contributed by atoms with Gasteiger partial charge in [-0.05, 0) is 43.9 Å². The summed E-state index contributed by atoms with van der Waals surface area (Å²) < 4.78 is 11.8. The van der Waals surface area contributed by atoms with Crippen LogP contribution in [0.5, 0.6) is 10.9 Å². The Morgan fingerprint density at radius 3 is 2.65 bits per heavy atom. The van der Waals surface area contributed by atoms with Crippen molar-refractivity contribution >= 4 is 21.6 Å². The first-order valence-corrected chi connectivity index (χ1v) is 8.97. The first-order valence-electron chi connectivity index (χ1n) is 8.15. The van der Waals surface area contributed by atoms with Crippen LogP contribution >= 0.6 is 11.3 Å². The van der Waals surface area contributed by atoms with Crippen LogP contribution in [0.25, 0.3) is 10.2 Å². The van der Waals surface area contributed by atoms with Crippen LogP contribution in [-0.2, 0) is 6.42 Å². The van der Waals surface area contributed by atoms with Crippen LogP contribution < -0.4 is 20.9 Å². The molecule has 0 spiro atoms. The number of fused-ring (bicyclic) bond motifs is 1. The van der Waals surface area contributed by atoms with Gasteiger partial charge in [-0.2, -0.15) is 4.98 Å². The summed E-state index contributed by atoms with van der Waals surface area (Å²) in [7, 11) is 3.30. The second-order valence-corrected chi connectivity index (χ2v) is 6.69. The molecule has 128 valence electrons.